The van der Waals surface area contributed by atoms with E-state index in [1.165, 1.54) is 4.88 Å². The molecule has 2 heterocycles. The molecule has 0 saturated heterocycles. The number of benzene rings is 2. The monoisotopic (exact) mass is 379 g/mol. The van der Waals surface area contributed by atoms with E-state index in [-0.39, 0.29) is 5.91 Å². The Morgan fingerprint density at radius 2 is 2.04 bits per heavy atom. The van der Waals surface area contributed by atoms with Crippen LogP contribution in [0.5, 0.6) is 0 Å². The quantitative estimate of drug-likeness (QED) is 0.460. The van der Waals surface area contributed by atoms with Gasteiger partial charge in [-0.05, 0) is 28.3 Å². The number of rotatable bonds is 7. The Morgan fingerprint density at radius 3 is 2.85 bits per heavy atom. The molecule has 4 aromatic rings. The summed E-state index contributed by atoms with van der Waals surface area (Å²) in [4.78, 5) is 16.1. The van der Waals surface area contributed by atoms with Crippen molar-refractivity contribution in [3.63, 3.8) is 0 Å². The van der Waals surface area contributed by atoms with Crippen molar-refractivity contribution in [2.45, 2.75) is 13.0 Å². The van der Waals surface area contributed by atoms with Crippen molar-refractivity contribution in [2.75, 3.05) is 20.3 Å². The molecule has 4 nitrogen and oxygen atoms in total. The van der Waals surface area contributed by atoms with Gasteiger partial charge in [0.2, 0.25) is 5.91 Å². The van der Waals surface area contributed by atoms with E-state index in [2.05, 4.69) is 24.3 Å². The van der Waals surface area contributed by atoms with Crippen LogP contribution in [-0.2, 0) is 22.5 Å². The van der Waals surface area contributed by atoms with Gasteiger partial charge in [-0.3, -0.25) is 4.79 Å². The fourth-order valence-corrected chi connectivity index (χ4v) is 4.08. The van der Waals surface area contributed by atoms with Gasteiger partial charge in [-0.25, -0.2) is 0 Å². The molecule has 5 heteroatoms. The first-order chi connectivity index (χ1) is 13.3. The molecule has 0 unspecified atom stereocenters. The number of carbonyl (C=O) groups is 1. The molecule has 2 aromatic heterocycles. The lowest BCUT2D eigenvalue weighted by atomic mass is 10.0. The summed E-state index contributed by atoms with van der Waals surface area (Å²) in [5.41, 5.74) is 1.75. The van der Waals surface area contributed by atoms with Crippen LogP contribution in [-0.4, -0.2) is 31.1 Å². The zero-order valence-corrected chi connectivity index (χ0v) is 16.0. The zero-order valence-electron chi connectivity index (χ0n) is 15.2. The Kier molecular flexibility index (Phi) is 5.23. The molecule has 0 bridgehead atoms. The Balaban J connectivity index is 1.63. The lowest BCUT2D eigenvalue weighted by Gasteiger charge is -2.21. The number of methoxy groups -OCH3 is 1. The zero-order chi connectivity index (χ0) is 18.6. The van der Waals surface area contributed by atoms with Crippen LogP contribution in [0, 0.1) is 0 Å². The number of furan rings is 1. The van der Waals surface area contributed by atoms with Crippen molar-refractivity contribution in [1.29, 1.82) is 0 Å². The Bertz CT molecular complexity index is 1050. The predicted molar refractivity (Wildman–Crippen MR) is 109 cm³/mol. The molecule has 4 rings (SSSR count). The third kappa shape index (κ3) is 3.75. The number of amides is 1. The second-order valence-electron chi connectivity index (χ2n) is 6.49. The highest BCUT2D eigenvalue weighted by atomic mass is 32.1. The summed E-state index contributed by atoms with van der Waals surface area (Å²) in [6.45, 7) is 1.70. The number of fused-ring (bicyclic) bond motifs is 3. The van der Waals surface area contributed by atoms with Crippen LogP contribution in [0.4, 0.5) is 0 Å². The third-order valence-corrected chi connectivity index (χ3v) is 5.59. The third-order valence-electron chi connectivity index (χ3n) is 4.73. The van der Waals surface area contributed by atoms with Crippen molar-refractivity contribution in [1.82, 2.24) is 4.90 Å². The molecule has 1 amide bonds. The molecule has 2 aromatic carbocycles. The summed E-state index contributed by atoms with van der Waals surface area (Å²) in [7, 11) is 1.66. The summed E-state index contributed by atoms with van der Waals surface area (Å²) in [6, 6.07) is 16.3. The van der Waals surface area contributed by atoms with Crippen molar-refractivity contribution in [3.05, 3.63) is 70.6 Å². The number of hydrogen-bond donors (Lipinski definition) is 0. The molecule has 0 fully saturated rings. The van der Waals surface area contributed by atoms with E-state index in [0.29, 0.717) is 26.1 Å². The van der Waals surface area contributed by atoms with E-state index >= 15 is 0 Å². The summed E-state index contributed by atoms with van der Waals surface area (Å²) in [5, 5.41) is 5.33. The number of carbonyl (C=O) groups excluding carboxylic acids is 1. The van der Waals surface area contributed by atoms with E-state index < -0.39 is 0 Å². The van der Waals surface area contributed by atoms with E-state index in [0.717, 1.165) is 27.3 Å². The van der Waals surface area contributed by atoms with Crippen LogP contribution in [0.1, 0.15) is 10.4 Å². The normalized spacial score (nSPS) is 11.3. The van der Waals surface area contributed by atoms with Gasteiger partial charge in [0.05, 0.1) is 25.8 Å². The molecular formula is C22H21NO3S. The average Bonchev–Trinajstić information content (AvgIpc) is 3.35. The standard InChI is InChI=1S/C22H21NO3S/c1-25-11-10-23(14-18-6-4-12-27-18)21(24)13-17-15-26-20-9-8-16-5-2-3-7-19(16)22(17)20/h2-9,12,15H,10-11,13-14H2,1H3. The van der Waals surface area contributed by atoms with Gasteiger partial charge in [-0.1, -0.05) is 36.4 Å². The first kappa shape index (κ1) is 17.8. The maximum absolute atomic E-state index is 13.1. The maximum atomic E-state index is 13.1. The molecule has 138 valence electrons. The van der Waals surface area contributed by atoms with Crippen LogP contribution in [0.2, 0.25) is 0 Å². The summed E-state index contributed by atoms with van der Waals surface area (Å²) in [6.07, 6.45) is 2.03. The molecule has 0 aliphatic rings. The van der Waals surface area contributed by atoms with Crippen molar-refractivity contribution >= 4 is 39.0 Å². The minimum atomic E-state index is 0.0797. The van der Waals surface area contributed by atoms with Crippen LogP contribution in [0.3, 0.4) is 0 Å². The first-order valence-corrected chi connectivity index (χ1v) is 9.81. The second kappa shape index (κ2) is 7.94. The van der Waals surface area contributed by atoms with Crippen LogP contribution in [0.15, 0.2) is 64.6 Å². The molecular weight excluding hydrogens is 358 g/mol. The van der Waals surface area contributed by atoms with E-state index in [4.69, 9.17) is 9.15 Å². The number of hydrogen-bond acceptors (Lipinski definition) is 4. The largest absolute Gasteiger partial charge is 0.464 e. The SMILES string of the molecule is COCCN(Cc1cccs1)C(=O)Cc1coc2ccc3ccccc3c12. The fraction of sp³-hybridized carbons (Fsp3) is 0.227. The molecule has 0 atom stereocenters. The van der Waals surface area contributed by atoms with Crippen molar-refractivity contribution in [3.8, 4) is 0 Å². The van der Waals surface area contributed by atoms with E-state index in [9.17, 15) is 4.79 Å². The van der Waals surface area contributed by atoms with E-state index in [1.54, 1.807) is 24.7 Å². The molecule has 27 heavy (non-hydrogen) atoms. The van der Waals surface area contributed by atoms with Crippen LogP contribution in [0.25, 0.3) is 21.7 Å². The number of thiophene rings is 1. The van der Waals surface area contributed by atoms with Gasteiger partial charge in [0.1, 0.15) is 5.58 Å². The van der Waals surface area contributed by atoms with Gasteiger partial charge in [0.15, 0.2) is 0 Å². The first-order valence-electron chi connectivity index (χ1n) is 8.93. The number of ether oxygens (including phenoxy) is 1. The van der Waals surface area contributed by atoms with Gasteiger partial charge >= 0.3 is 0 Å². The highest BCUT2D eigenvalue weighted by Gasteiger charge is 2.18. The highest BCUT2D eigenvalue weighted by molar-refractivity contribution is 7.09. The summed E-state index contributed by atoms with van der Waals surface area (Å²) in [5.74, 6) is 0.0797. The summed E-state index contributed by atoms with van der Waals surface area (Å²) >= 11 is 1.66. The van der Waals surface area contributed by atoms with Crippen molar-refractivity contribution < 1.29 is 13.9 Å². The molecule has 0 aliphatic carbocycles. The van der Waals surface area contributed by atoms with Gasteiger partial charge < -0.3 is 14.1 Å². The fourth-order valence-electron chi connectivity index (χ4n) is 3.36. The van der Waals surface area contributed by atoms with E-state index in [1.807, 2.05) is 34.5 Å². The molecule has 0 radical (unpaired) electrons. The van der Waals surface area contributed by atoms with Gasteiger partial charge in [0.25, 0.3) is 0 Å². The maximum Gasteiger partial charge on any atom is 0.227 e. The minimum Gasteiger partial charge on any atom is -0.464 e. The topological polar surface area (TPSA) is 42.7 Å². The van der Waals surface area contributed by atoms with Crippen LogP contribution >= 0.6 is 11.3 Å². The minimum absolute atomic E-state index is 0.0797. The molecule has 0 saturated carbocycles. The average molecular weight is 379 g/mol. The van der Waals surface area contributed by atoms with Gasteiger partial charge in [-0.15, -0.1) is 11.3 Å². The smallest absolute Gasteiger partial charge is 0.227 e. The molecule has 0 spiro atoms. The van der Waals surface area contributed by atoms with Crippen LogP contribution < -0.4 is 0 Å². The highest BCUT2D eigenvalue weighted by Crippen LogP contribution is 2.30. The van der Waals surface area contributed by atoms with Gasteiger partial charge in [-0.2, -0.15) is 0 Å². The summed E-state index contributed by atoms with van der Waals surface area (Å²) < 4.78 is 10.9. The molecule has 0 N–H and O–H groups in total. The molecule has 0 aliphatic heterocycles. The lowest BCUT2D eigenvalue weighted by molar-refractivity contribution is -0.131. The second-order valence-corrected chi connectivity index (χ2v) is 7.52. The Labute approximate surface area is 162 Å². The Morgan fingerprint density at radius 1 is 1.15 bits per heavy atom. The predicted octanol–water partition coefficient (Wildman–Crippen LogP) is 4.87. The number of nitrogens with zero attached hydrogens (tertiary/aromatic N) is 1. The van der Waals surface area contributed by atoms with Gasteiger partial charge in [0, 0.05) is 29.5 Å². The van der Waals surface area contributed by atoms with Crippen molar-refractivity contribution in [2.24, 2.45) is 0 Å². The Hall–Kier alpha value is -2.63. The lowest BCUT2D eigenvalue weighted by Crippen LogP contribution is -2.34.